The third kappa shape index (κ3) is 3.61. The van der Waals surface area contributed by atoms with Crippen molar-refractivity contribution in [2.45, 2.75) is 15.4 Å². The number of hydrogen-bond donors (Lipinski definition) is 1. The van der Waals surface area contributed by atoms with Gasteiger partial charge >= 0.3 is 6.18 Å². The van der Waals surface area contributed by atoms with Crippen LogP contribution in [0.2, 0.25) is 0 Å². The van der Waals surface area contributed by atoms with Crippen LogP contribution in [0.3, 0.4) is 0 Å². The second kappa shape index (κ2) is 7.46. The first-order valence-electron chi connectivity index (χ1n) is 7.75. The average molecular weight is 458 g/mol. The van der Waals surface area contributed by atoms with Gasteiger partial charge < -0.3 is 5.73 Å². The Bertz CT molecular complexity index is 1260. The van der Waals surface area contributed by atoms with Gasteiger partial charge in [0.15, 0.2) is 10.7 Å². The number of sulfone groups is 1. The number of halogens is 3. The molecule has 1 aromatic heterocycles. The Hall–Kier alpha value is -3.39. The number of alkyl halides is 3. The Morgan fingerprint density at radius 3 is 2.37 bits per heavy atom. The van der Waals surface area contributed by atoms with E-state index in [1.54, 1.807) is 0 Å². The molecule has 3 aromatic rings. The Morgan fingerprint density at radius 1 is 1.13 bits per heavy atom. The standard InChI is InChI=1S/C16H9F3N4O5S2/c17-16(18,19)10-4-2-1-3-8(10)13(24)9-5-6-11(23(25)26)14(12(9)20)30(27,28)15-22-21-7-29-15/h1-7H,20H2. The number of anilines is 1. The van der Waals surface area contributed by atoms with E-state index in [9.17, 15) is 36.5 Å². The van der Waals surface area contributed by atoms with Gasteiger partial charge in [0.2, 0.25) is 14.2 Å². The summed E-state index contributed by atoms with van der Waals surface area (Å²) in [6, 6.07) is 5.32. The molecule has 14 heteroatoms. The lowest BCUT2D eigenvalue weighted by Crippen LogP contribution is -2.17. The first-order valence-corrected chi connectivity index (χ1v) is 10.1. The summed E-state index contributed by atoms with van der Waals surface area (Å²) in [7, 11) is -4.67. The number of nitrogens with zero attached hydrogens (tertiary/aromatic N) is 3. The van der Waals surface area contributed by atoms with E-state index in [0.717, 1.165) is 23.7 Å². The molecule has 0 radical (unpaired) electrons. The molecular formula is C16H9F3N4O5S2. The fraction of sp³-hybridized carbons (Fsp3) is 0.0625. The Kier molecular flexibility index (Phi) is 5.30. The summed E-state index contributed by atoms with van der Waals surface area (Å²) in [6.07, 6.45) is -4.87. The lowest BCUT2D eigenvalue weighted by molar-refractivity contribution is -0.387. The first-order chi connectivity index (χ1) is 14.0. The van der Waals surface area contributed by atoms with Gasteiger partial charge in [-0.3, -0.25) is 14.9 Å². The summed E-state index contributed by atoms with van der Waals surface area (Å²) in [6.45, 7) is 0. The molecule has 0 saturated heterocycles. The van der Waals surface area contributed by atoms with Crippen LogP contribution < -0.4 is 5.73 Å². The molecule has 3 rings (SSSR count). The minimum atomic E-state index is -4.87. The number of carbonyl (C=O) groups is 1. The summed E-state index contributed by atoms with van der Waals surface area (Å²) in [5.41, 5.74) is 2.34. The number of aromatic nitrogens is 2. The minimum Gasteiger partial charge on any atom is -0.397 e. The molecule has 0 aliphatic carbocycles. The normalized spacial score (nSPS) is 12.0. The summed E-state index contributed by atoms with van der Waals surface area (Å²) in [5.74, 6) is -1.25. The van der Waals surface area contributed by atoms with Gasteiger partial charge in [-0.2, -0.15) is 13.2 Å². The average Bonchev–Trinajstić information content (AvgIpc) is 3.22. The van der Waals surface area contributed by atoms with Crippen molar-refractivity contribution < 1.29 is 31.3 Å². The SMILES string of the molecule is Nc1c(C(=O)c2ccccc2C(F)(F)F)ccc([N+](=O)[O-])c1S(=O)(=O)c1nncs1. The van der Waals surface area contributed by atoms with Crippen LogP contribution in [-0.4, -0.2) is 29.3 Å². The number of carbonyl (C=O) groups excluding carboxylic acids is 1. The smallest absolute Gasteiger partial charge is 0.397 e. The zero-order chi connectivity index (χ0) is 22.3. The zero-order valence-corrected chi connectivity index (χ0v) is 16.1. The second-order valence-electron chi connectivity index (χ2n) is 5.71. The van der Waals surface area contributed by atoms with Crippen LogP contribution in [0.15, 0.2) is 51.1 Å². The van der Waals surface area contributed by atoms with Gasteiger partial charge in [-0.15, -0.1) is 10.2 Å². The highest BCUT2D eigenvalue weighted by atomic mass is 32.2. The van der Waals surface area contributed by atoms with Gasteiger partial charge in [-0.1, -0.05) is 29.5 Å². The highest BCUT2D eigenvalue weighted by molar-refractivity contribution is 7.93. The van der Waals surface area contributed by atoms with Gasteiger partial charge in [-0.05, 0) is 12.1 Å². The Morgan fingerprint density at radius 2 is 1.80 bits per heavy atom. The predicted octanol–water partition coefficient (Wildman–Crippen LogP) is 3.11. The molecule has 0 bridgehead atoms. The van der Waals surface area contributed by atoms with Crippen LogP contribution in [0.5, 0.6) is 0 Å². The summed E-state index contributed by atoms with van der Waals surface area (Å²) < 4.78 is 64.8. The predicted molar refractivity (Wildman–Crippen MR) is 97.7 cm³/mol. The van der Waals surface area contributed by atoms with Crippen molar-refractivity contribution in [3.05, 3.63) is 68.7 Å². The van der Waals surface area contributed by atoms with Crippen molar-refractivity contribution in [2.24, 2.45) is 0 Å². The highest BCUT2D eigenvalue weighted by Crippen LogP contribution is 2.39. The van der Waals surface area contributed by atoms with E-state index in [-0.39, 0.29) is 0 Å². The second-order valence-corrected chi connectivity index (χ2v) is 8.61. The molecule has 0 unspecified atom stereocenters. The zero-order valence-electron chi connectivity index (χ0n) is 14.5. The molecule has 0 saturated carbocycles. The number of nitro groups is 1. The summed E-state index contributed by atoms with van der Waals surface area (Å²) in [4.78, 5) is 22.1. The number of nitrogens with two attached hydrogens (primary N) is 1. The maximum absolute atomic E-state index is 13.3. The quantitative estimate of drug-likeness (QED) is 0.266. The maximum Gasteiger partial charge on any atom is 0.417 e. The number of hydrogen-bond acceptors (Lipinski definition) is 9. The first kappa shape index (κ1) is 21.3. The maximum atomic E-state index is 13.3. The molecule has 0 aliphatic heterocycles. The number of rotatable bonds is 5. The molecule has 2 aromatic carbocycles. The largest absolute Gasteiger partial charge is 0.417 e. The Balaban J connectivity index is 2.28. The lowest BCUT2D eigenvalue weighted by atomic mass is 9.96. The van der Waals surface area contributed by atoms with Gasteiger partial charge in [-0.25, -0.2) is 8.42 Å². The Labute approximate surface area is 170 Å². The van der Waals surface area contributed by atoms with Crippen molar-refractivity contribution in [1.29, 1.82) is 0 Å². The van der Waals surface area contributed by atoms with Crippen LogP contribution in [0, 0.1) is 10.1 Å². The van der Waals surface area contributed by atoms with Crippen molar-refractivity contribution in [1.82, 2.24) is 10.2 Å². The topological polar surface area (TPSA) is 146 Å². The van der Waals surface area contributed by atoms with E-state index in [2.05, 4.69) is 10.2 Å². The molecular weight excluding hydrogens is 449 g/mol. The molecule has 30 heavy (non-hydrogen) atoms. The monoisotopic (exact) mass is 458 g/mol. The lowest BCUT2D eigenvalue weighted by Gasteiger charge is -2.14. The van der Waals surface area contributed by atoms with Crippen LogP contribution in [-0.2, 0) is 16.0 Å². The van der Waals surface area contributed by atoms with Crippen LogP contribution >= 0.6 is 11.3 Å². The van der Waals surface area contributed by atoms with E-state index in [1.165, 1.54) is 6.07 Å². The van der Waals surface area contributed by atoms with Crippen LogP contribution in [0.4, 0.5) is 24.5 Å². The van der Waals surface area contributed by atoms with E-state index in [4.69, 9.17) is 5.73 Å². The van der Waals surface area contributed by atoms with E-state index in [0.29, 0.717) is 23.5 Å². The van der Waals surface area contributed by atoms with E-state index in [1.807, 2.05) is 0 Å². The fourth-order valence-electron chi connectivity index (χ4n) is 2.65. The molecule has 0 aliphatic rings. The van der Waals surface area contributed by atoms with Crippen molar-refractivity contribution in [3.63, 3.8) is 0 Å². The molecule has 0 spiro atoms. The van der Waals surface area contributed by atoms with E-state index >= 15 is 0 Å². The number of nitrogen functional groups attached to an aromatic ring is 1. The highest BCUT2D eigenvalue weighted by Gasteiger charge is 2.38. The van der Waals surface area contributed by atoms with Crippen molar-refractivity contribution >= 4 is 38.3 Å². The summed E-state index contributed by atoms with van der Waals surface area (Å²) >= 11 is 0.548. The number of ketones is 1. The molecule has 156 valence electrons. The van der Waals surface area contributed by atoms with Crippen LogP contribution in [0.1, 0.15) is 21.5 Å². The molecule has 0 amide bonds. The van der Waals surface area contributed by atoms with E-state index < -0.39 is 64.0 Å². The van der Waals surface area contributed by atoms with Gasteiger partial charge in [0.25, 0.3) is 5.69 Å². The van der Waals surface area contributed by atoms with Gasteiger partial charge in [0.05, 0.1) is 16.2 Å². The summed E-state index contributed by atoms with van der Waals surface area (Å²) in [5, 5.41) is 18.0. The van der Waals surface area contributed by atoms with Crippen molar-refractivity contribution in [3.8, 4) is 0 Å². The third-order valence-corrected chi connectivity index (χ3v) is 6.87. The minimum absolute atomic E-state index is 0.548. The number of nitro benzene ring substituents is 1. The van der Waals surface area contributed by atoms with Gasteiger partial charge in [0, 0.05) is 17.2 Å². The molecule has 0 fully saturated rings. The van der Waals surface area contributed by atoms with Crippen molar-refractivity contribution in [2.75, 3.05) is 5.73 Å². The van der Waals surface area contributed by atoms with Crippen LogP contribution in [0.25, 0.3) is 0 Å². The molecule has 2 N–H and O–H groups in total. The molecule has 0 atom stereocenters. The third-order valence-electron chi connectivity index (χ3n) is 3.93. The molecule has 9 nitrogen and oxygen atoms in total. The van der Waals surface area contributed by atoms with Gasteiger partial charge in [0.1, 0.15) is 5.51 Å². The number of benzene rings is 2. The fourth-order valence-corrected chi connectivity index (χ4v) is 4.96. The molecule has 1 heterocycles.